The first-order valence-electron chi connectivity index (χ1n) is 9.32. The zero-order chi connectivity index (χ0) is 22.3. The molecule has 164 valence electrons. The third-order valence-electron chi connectivity index (χ3n) is 4.31. The lowest BCUT2D eigenvalue weighted by molar-refractivity contribution is -0.144. The van der Waals surface area contributed by atoms with Crippen LogP contribution < -0.4 is 22.1 Å². The van der Waals surface area contributed by atoms with Gasteiger partial charge < -0.3 is 32.1 Å². The van der Waals surface area contributed by atoms with Crippen molar-refractivity contribution in [3.05, 3.63) is 10.6 Å². The molecule has 0 aliphatic carbocycles. The predicted octanol–water partition coefficient (Wildman–Crippen LogP) is -0.942. The highest BCUT2D eigenvalue weighted by Gasteiger charge is 2.29. The second-order valence-corrected chi connectivity index (χ2v) is 7.71. The van der Waals surface area contributed by atoms with E-state index in [-0.39, 0.29) is 16.0 Å². The molecular weight excluding hydrogens is 414 g/mol. The number of guanidine groups is 1. The molecule has 12 nitrogen and oxygen atoms in total. The summed E-state index contributed by atoms with van der Waals surface area (Å²) in [4.78, 5) is 57.9. The van der Waals surface area contributed by atoms with Crippen molar-refractivity contribution in [3.63, 3.8) is 0 Å². The molecule has 1 saturated heterocycles. The van der Waals surface area contributed by atoms with Gasteiger partial charge in [0.25, 0.3) is 5.91 Å². The first-order valence-corrected chi connectivity index (χ1v) is 10.1. The maximum absolute atomic E-state index is 12.6. The lowest BCUT2D eigenvalue weighted by atomic mass is 10.1. The Labute approximate surface area is 176 Å². The number of aliphatic imine (C=N–C) groups is 1. The Morgan fingerprint density at radius 1 is 1.23 bits per heavy atom. The van der Waals surface area contributed by atoms with E-state index in [1.54, 1.807) is 11.8 Å². The second kappa shape index (κ2) is 10.5. The Balaban J connectivity index is 1.95. The fourth-order valence-electron chi connectivity index (χ4n) is 2.95. The molecule has 1 aromatic heterocycles. The highest BCUT2D eigenvalue weighted by atomic mass is 32.1. The van der Waals surface area contributed by atoms with Crippen molar-refractivity contribution in [3.8, 4) is 0 Å². The van der Waals surface area contributed by atoms with E-state index in [1.165, 1.54) is 0 Å². The van der Waals surface area contributed by atoms with Crippen LogP contribution in [-0.4, -0.2) is 70.3 Å². The van der Waals surface area contributed by atoms with Crippen LogP contribution in [0.2, 0.25) is 0 Å². The Kier molecular flexibility index (Phi) is 8.09. The minimum atomic E-state index is -1.21. The molecule has 30 heavy (non-hydrogen) atoms. The standard InChI is InChI=1S/C17H25N7O5S/c1-9-13(30-17(21-9)23-16(18)19)14(28)20-8-11(25)22-10(7-12(26)27)15(29)24-5-3-2-4-6-24/h10H,2-8H2,1H3,(H,20,28)(H,22,25)(H,26,27)(H4,18,19,21,23)/t10-/m0/s1. The molecule has 0 bridgehead atoms. The number of carboxylic acids is 1. The van der Waals surface area contributed by atoms with E-state index in [9.17, 15) is 19.2 Å². The van der Waals surface area contributed by atoms with Gasteiger partial charge in [-0.1, -0.05) is 11.3 Å². The molecule has 0 saturated carbocycles. The van der Waals surface area contributed by atoms with Gasteiger partial charge in [0, 0.05) is 13.1 Å². The number of likely N-dealkylation sites (tertiary alicyclic amines) is 1. The van der Waals surface area contributed by atoms with Gasteiger partial charge in [-0.05, 0) is 26.2 Å². The molecule has 0 unspecified atom stereocenters. The number of amides is 3. The number of nitrogens with two attached hydrogens (primary N) is 2. The fourth-order valence-corrected chi connectivity index (χ4v) is 3.82. The van der Waals surface area contributed by atoms with E-state index in [2.05, 4.69) is 20.6 Å². The molecule has 13 heteroatoms. The molecular formula is C17H25N7O5S. The Hall–Kier alpha value is -3.22. The van der Waals surface area contributed by atoms with Crippen LogP contribution in [0.4, 0.5) is 5.13 Å². The van der Waals surface area contributed by atoms with Crippen LogP contribution in [0.15, 0.2) is 4.99 Å². The molecule has 1 fully saturated rings. The Bertz CT molecular complexity index is 844. The van der Waals surface area contributed by atoms with E-state index in [1.807, 2.05) is 0 Å². The topological polar surface area (TPSA) is 193 Å². The zero-order valence-corrected chi connectivity index (χ0v) is 17.3. The summed E-state index contributed by atoms with van der Waals surface area (Å²) >= 11 is 0.953. The summed E-state index contributed by atoms with van der Waals surface area (Å²) in [6.45, 7) is 2.23. The number of piperidine rings is 1. The summed E-state index contributed by atoms with van der Waals surface area (Å²) in [5.41, 5.74) is 11.0. The molecule has 1 aliphatic heterocycles. The van der Waals surface area contributed by atoms with Crippen molar-refractivity contribution in [2.75, 3.05) is 19.6 Å². The van der Waals surface area contributed by atoms with Gasteiger partial charge in [-0.15, -0.1) is 0 Å². The van der Waals surface area contributed by atoms with Gasteiger partial charge in [-0.25, -0.2) is 4.98 Å². The summed E-state index contributed by atoms with van der Waals surface area (Å²) in [5, 5.41) is 14.1. The molecule has 0 radical (unpaired) electrons. The van der Waals surface area contributed by atoms with E-state index < -0.39 is 42.7 Å². The molecule has 0 aromatic carbocycles. The van der Waals surface area contributed by atoms with Crippen LogP contribution >= 0.6 is 11.3 Å². The van der Waals surface area contributed by atoms with Crippen molar-refractivity contribution in [1.82, 2.24) is 20.5 Å². The number of thiazole rings is 1. The largest absolute Gasteiger partial charge is 0.481 e. The number of nitrogens with one attached hydrogen (secondary N) is 2. The quantitative estimate of drug-likeness (QED) is 0.253. The second-order valence-electron chi connectivity index (χ2n) is 6.73. The summed E-state index contributed by atoms with van der Waals surface area (Å²) in [7, 11) is 0. The number of carbonyl (C=O) groups excluding carboxylic acids is 3. The van der Waals surface area contributed by atoms with Crippen molar-refractivity contribution in [2.24, 2.45) is 16.5 Å². The summed E-state index contributed by atoms with van der Waals surface area (Å²) in [6.07, 6.45) is 2.15. The van der Waals surface area contributed by atoms with Gasteiger partial charge in [0.2, 0.25) is 16.9 Å². The number of rotatable bonds is 8. The molecule has 0 spiro atoms. The van der Waals surface area contributed by atoms with E-state index in [0.717, 1.165) is 30.6 Å². The van der Waals surface area contributed by atoms with E-state index >= 15 is 0 Å². The summed E-state index contributed by atoms with van der Waals surface area (Å²) < 4.78 is 0. The highest BCUT2D eigenvalue weighted by molar-refractivity contribution is 7.17. The first-order chi connectivity index (χ1) is 14.2. The SMILES string of the molecule is Cc1nc(N=C(N)N)sc1C(=O)NCC(=O)N[C@@H](CC(=O)O)C(=O)N1CCCCC1. The number of aromatic nitrogens is 1. The fraction of sp³-hybridized carbons (Fsp3) is 0.529. The van der Waals surface area contributed by atoms with Gasteiger partial charge >= 0.3 is 5.97 Å². The maximum atomic E-state index is 12.6. The number of carbonyl (C=O) groups is 4. The van der Waals surface area contributed by atoms with Gasteiger partial charge in [0.1, 0.15) is 10.9 Å². The molecule has 2 heterocycles. The molecule has 1 aliphatic rings. The van der Waals surface area contributed by atoms with Crippen LogP contribution in [0.25, 0.3) is 0 Å². The van der Waals surface area contributed by atoms with Crippen molar-refractivity contribution in [1.29, 1.82) is 0 Å². The van der Waals surface area contributed by atoms with Gasteiger partial charge in [-0.3, -0.25) is 19.2 Å². The molecule has 1 aromatic rings. The van der Waals surface area contributed by atoms with Crippen molar-refractivity contribution in [2.45, 2.75) is 38.6 Å². The number of hydrogen-bond acceptors (Lipinski definition) is 7. The zero-order valence-electron chi connectivity index (χ0n) is 16.5. The third-order valence-corrected chi connectivity index (χ3v) is 5.36. The smallest absolute Gasteiger partial charge is 0.305 e. The minimum Gasteiger partial charge on any atom is -0.481 e. The number of aryl methyl sites for hydroxylation is 1. The molecule has 7 N–H and O–H groups in total. The highest BCUT2D eigenvalue weighted by Crippen LogP contribution is 2.24. The van der Waals surface area contributed by atoms with Gasteiger partial charge in [-0.2, -0.15) is 4.99 Å². The van der Waals surface area contributed by atoms with Crippen LogP contribution in [0.1, 0.15) is 41.0 Å². The summed E-state index contributed by atoms with van der Waals surface area (Å²) in [6, 6.07) is -1.19. The van der Waals surface area contributed by atoms with Crippen LogP contribution in [0, 0.1) is 6.92 Å². The van der Waals surface area contributed by atoms with Crippen molar-refractivity contribution >= 4 is 46.1 Å². The lowest BCUT2D eigenvalue weighted by Crippen LogP contribution is -2.52. The van der Waals surface area contributed by atoms with Crippen LogP contribution in [0.3, 0.4) is 0 Å². The van der Waals surface area contributed by atoms with E-state index in [4.69, 9.17) is 16.6 Å². The number of aliphatic carboxylic acids is 1. The van der Waals surface area contributed by atoms with Crippen LogP contribution in [0.5, 0.6) is 0 Å². The summed E-state index contributed by atoms with van der Waals surface area (Å²) in [5.74, 6) is -3.07. The van der Waals surface area contributed by atoms with Crippen molar-refractivity contribution < 1.29 is 24.3 Å². The predicted molar refractivity (Wildman–Crippen MR) is 109 cm³/mol. The maximum Gasteiger partial charge on any atom is 0.305 e. The normalized spacial score (nSPS) is 14.5. The number of nitrogens with zero attached hydrogens (tertiary/aromatic N) is 3. The van der Waals surface area contributed by atoms with E-state index in [0.29, 0.717) is 18.8 Å². The van der Waals surface area contributed by atoms with Gasteiger partial charge in [0.05, 0.1) is 18.7 Å². The molecule has 1 atom stereocenters. The first kappa shape index (κ1) is 23.1. The minimum absolute atomic E-state index is 0.196. The monoisotopic (exact) mass is 439 g/mol. The van der Waals surface area contributed by atoms with Gasteiger partial charge in [0.15, 0.2) is 5.96 Å². The Morgan fingerprint density at radius 2 is 1.90 bits per heavy atom. The number of carboxylic acid groups (broad SMARTS) is 1. The Morgan fingerprint density at radius 3 is 2.50 bits per heavy atom. The lowest BCUT2D eigenvalue weighted by Gasteiger charge is -2.30. The van der Waals surface area contributed by atoms with Crippen LogP contribution in [-0.2, 0) is 14.4 Å². The molecule has 2 rings (SSSR count). The average molecular weight is 439 g/mol. The third kappa shape index (κ3) is 6.69. The number of hydrogen-bond donors (Lipinski definition) is 5. The molecule has 3 amide bonds. The average Bonchev–Trinajstić information content (AvgIpc) is 3.04.